The molecular weight excluding hydrogens is 466 g/mol. The Labute approximate surface area is 218 Å². The maximum Gasteiger partial charge on any atom is 0.146 e. The Hall–Kier alpha value is -3.74. The molecule has 7 nitrogen and oxygen atoms in total. The number of unbranched alkanes of at least 4 members (excludes halogenated alkanes) is 1. The minimum absolute atomic E-state index is 0.0535. The van der Waals surface area contributed by atoms with Crippen molar-refractivity contribution in [2.75, 3.05) is 13.2 Å². The first-order chi connectivity index (χ1) is 17.4. The van der Waals surface area contributed by atoms with Crippen molar-refractivity contribution in [3.05, 3.63) is 65.7 Å². The van der Waals surface area contributed by atoms with Crippen molar-refractivity contribution in [1.29, 1.82) is 0 Å². The van der Waals surface area contributed by atoms with Gasteiger partial charge in [0.15, 0.2) is 0 Å². The number of aromatic nitrogens is 3. The molecule has 0 spiro atoms. The Morgan fingerprint density at radius 1 is 0.703 bits per heavy atom. The van der Waals surface area contributed by atoms with Crippen LogP contribution in [-0.2, 0) is 10.8 Å². The molecule has 37 heavy (non-hydrogen) atoms. The number of phenols is 2. The second-order valence-corrected chi connectivity index (χ2v) is 11.4. The zero-order valence-corrected chi connectivity index (χ0v) is 22.6. The van der Waals surface area contributed by atoms with Crippen LogP contribution in [0.25, 0.3) is 16.7 Å². The van der Waals surface area contributed by atoms with E-state index in [0.717, 1.165) is 40.8 Å². The predicted molar refractivity (Wildman–Crippen MR) is 146 cm³/mol. The lowest BCUT2D eigenvalue weighted by Crippen LogP contribution is -2.17. The number of benzene rings is 3. The minimum Gasteiger partial charge on any atom is -0.507 e. The molecule has 0 aliphatic heterocycles. The van der Waals surface area contributed by atoms with E-state index in [1.54, 1.807) is 18.2 Å². The molecule has 0 unspecified atom stereocenters. The third-order valence-electron chi connectivity index (χ3n) is 6.22. The summed E-state index contributed by atoms with van der Waals surface area (Å²) in [6, 6.07) is 16.6. The van der Waals surface area contributed by atoms with E-state index in [-0.39, 0.29) is 16.6 Å². The molecule has 1 aromatic heterocycles. The molecule has 0 fully saturated rings. The summed E-state index contributed by atoms with van der Waals surface area (Å²) in [4.78, 5) is 1.43. The maximum atomic E-state index is 10.9. The summed E-state index contributed by atoms with van der Waals surface area (Å²) < 4.78 is 11.9. The standard InChI is InChI=1S/C30H37N3O4/c1-29(2,3)22-17-21(18-23(28(22)35)30(4,5)6)37-16-10-9-15-36-20-13-14-26(27(34)19-20)33-31-24-11-7-8-12-25(24)32-33/h7-8,11-14,17-19,34-35H,9-10,15-16H2,1-6H3. The molecule has 2 N–H and O–H groups in total. The zero-order chi connectivity index (χ0) is 26.8. The lowest BCUT2D eigenvalue weighted by atomic mass is 9.79. The van der Waals surface area contributed by atoms with E-state index in [1.807, 2.05) is 36.4 Å². The molecule has 0 saturated carbocycles. The highest BCUT2D eigenvalue weighted by Crippen LogP contribution is 2.41. The van der Waals surface area contributed by atoms with Gasteiger partial charge in [-0.25, -0.2) is 0 Å². The van der Waals surface area contributed by atoms with Gasteiger partial charge in [-0.3, -0.25) is 0 Å². The van der Waals surface area contributed by atoms with Crippen LogP contribution in [0.2, 0.25) is 0 Å². The molecule has 4 aromatic rings. The Kier molecular flexibility index (Phi) is 7.35. The van der Waals surface area contributed by atoms with Crippen LogP contribution in [0, 0.1) is 0 Å². The van der Waals surface area contributed by atoms with Gasteiger partial charge in [0.2, 0.25) is 0 Å². The molecule has 3 aromatic carbocycles. The fourth-order valence-corrected chi connectivity index (χ4v) is 4.15. The molecular formula is C30H37N3O4. The number of ether oxygens (including phenoxy) is 2. The lowest BCUT2D eigenvalue weighted by Gasteiger charge is -2.28. The second kappa shape index (κ2) is 10.3. The van der Waals surface area contributed by atoms with Crippen LogP contribution in [0.1, 0.15) is 65.5 Å². The van der Waals surface area contributed by atoms with Crippen LogP contribution in [0.5, 0.6) is 23.0 Å². The first-order valence-corrected chi connectivity index (χ1v) is 12.7. The quantitative estimate of drug-likeness (QED) is 0.261. The third kappa shape index (κ3) is 6.16. The van der Waals surface area contributed by atoms with Crippen molar-refractivity contribution in [2.45, 2.75) is 65.2 Å². The largest absolute Gasteiger partial charge is 0.507 e. The predicted octanol–water partition coefficient (Wildman–Crippen LogP) is 6.66. The number of rotatable bonds is 8. The van der Waals surface area contributed by atoms with Crippen molar-refractivity contribution in [1.82, 2.24) is 15.0 Å². The van der Waals surface area contributed by atoms with Crippen LogP contribution in [0.4, 0.5) is 0 Å². The monoisotopic (exact) mass is 503 g/mol. The molecule has 0 aliphatic carbocycles. The molecule has 0 atom stereocenters. The molecule has 1 heterocycles. The van der Waals surface area contributed by atoms with Crippen LogP contribution in [0.15, 0.2) is 54.6 Å². The van der Waals surface area contributed by atoms with Crippen LogP contribution in [-0.4, -0.2) is 38.4 Å². The number of fused-ring (bicyclic) bond motifs is 1. The van der Waals surface area contributed by atoms with E-state index in [4.69, 9.17) is 9.47 Å². The van der Waals surface area contributed by atoms with E-state index < -0.39 is 0 Å². The van der Waals surface area contributed by atoms with E-state index in [9.17, 15) is 10.2 Å². The summed E-state index contributed by atoms with van der Waals surface area (Å²) in [6.07, 6.45) is 1.61. The van der Waals surface area contributed by atoms with E-state index >= 15 is 0 Å². The number of nitrogens with zero attached hydrogens (tertiary/aromatic N) is 3. The van der Waals surface area contributed by atoms with Crippen LogP contribution < -0.4 is 9.47 Å². The SMILES string of the molecule is CC(C)(C)c1cc(OCCCCOc2ccc(-n3nc4ccccc4n3)c(O)c2)cc(C(C)(C)C)c1O. The highest BCUT2D eigenvalue weighted by atomic mass is 16.5. The van der Waals surface area contributed by atoms with Crippen molar-refractivity contribution in [3.8, 4) is 28.7 Å². The maximum absolute atomic E-state index is 10.9. The van der Waals surface area contributed by atoms with Crippen LogP contribution >= 0.6 is 0 Å². The fourth-order valence-electron chi connectivity index (χ4n) is 4.15. The van der Waals surface area contributed by atoms with Gasteiger partial charge in [0, 0.05) is 17.2 Å². The summed E-state index contributed by atoms with van der Waals surface area (Å²) in [5.41, 5.74) is 3.41. The lowest BCUT2D eigenvalue weighted by molar-refractivity contribution is 0.265. The van der Waals surface area contributed by atoms with Gasteiger partial charge in [0.1, 0.15) is 39.7 Å². The van der Waals surface area contributed by atoms with Gasteiger partial charge in [0.05, 0.1) is 13.2 Å². The van der Waals surface area contributed by atoms with Gasteiger partial charge in [0.25, 0.3) is 0 Å². The molecule has 0 bridgehead atoms. The van der Waals surface area contributed by atoms with E-state index in [1.165, 1.54) is 4.80 Å². The minimum atomic E-state index is -0.195. The van der Waals surface area contributed by atoms with E-state index in [2.05, 4.69) is 51.7 Å². The molecule has 196 valence electrons. The number of aromatic hydroxyl groups is 2. The third-order valence-corrected chi connectivity index (χ3v) is 6.22. The van der Waals surface area contributed by atoms with Crippen LogP contribution in [0.3, 0.4) is 0 Å². The Bertz CT molecular complexity index is 1310. The van der Waals surface area contributed by atoms with Crippen molar-refractivity contribution < 1.29 is 19.7 Å². The molecule has 0 amide bonds. The van der Waals surface area contributed by atoms with Crippen molar-refractivity contribution >= 4 is 11.0 Å². The van der Waals surface area contributed by atoms with Crippen molar-refractivity contribution in [3.63, 3.8) is 0 Å². The summed E-state index contributed by atoms with van der Waals surface area (Å²) in [5, 5.41) is 30.2. The number of phenolic OH excluding ortho intramolecular Hbond substituents is 2. The molecule has 0 radical (unpaired) electrons. The number of hydrogen-bond donors (Lipinski definition) is 2. The van der Waals surface area contributed by atoms with Gasteiger partial charge >= 0.3 is 0 Å². The topological polar surface area (TPSA) is 89.6 Å². The second-order valence-electron chi connectivity index (χ2n) is 11.4. The van der Waals surface area contributed by atoms with Gasteiger partial charge in [-0.2, -0.15) is 0 Å². The smallest absolute Gasteiger partial charge is 0.146 e. The van der Waals surface area contributed by atoms with Gasteiger partial charge in [-0.1, -0.05) is 53.7 Å². The summed E-state index contributed by atoms with van der Waals surface area (Å²) in [6.45, 7) is 13.6. The Morgan fingerprint density at radius 2 is 1.22 bits per heavy atom. The summed E-state index contributed by atoms with van der Waals surface area (Å²) in [5.74, 6) is 1.76. The fraction of sp³-hybridized carbons (Fsp3) is 0.400. The van der Waals surface area contributed by atoms with Gasteiger partial charge < -0.3 is 19.7 Å². The molecule has 7 heteroatoms. The van der Waals surface area contributed by atoms with E-state index in [0.29, 0.717) is 30.4 Å². The Balaban J connectivity index is 1.31. The zero-order valence-electron chi connectivity index (χ0n) is 22.6. The normalized spacial score (nSPS) is 12.2. The molecule has 0 saturated heterocycles. The highest BCUT2D eigenvalue weighted by Gasteiger charge is 2.27. The van der Waals surface area contributed by atoms with Gasteiger partial charge in [-0.05, 0) is 60.1 Å². The first-order valence-electron chi connectivity index (χ1n) is 12.7. The number of hydrogen-bond acceptors (Lipinski definition) is 6. The van der Waals surface area contributed by atoms with Gasteiger partial charge in [-0.15, -0.1) is 15.0 Å². The summed E-state index contributed by atoms with van der Waals surface area (Å²) >= 11 is 0. The average molecular weight is 504 g/mol. The molecule has 0 aliphatic rings. The Morgan fingerprint density at radius 3 is 1.70 bits per heavy atom. The average Bonchev–Trinajstić information content (AvgIpc) is 3.24. The molecule has 4 rings (SSSR count). The van der Waals surface area contributed by atoms with Crippen molar-refractivity contribution in [2.24, 2.45) is 0 Å². The summed E-state index contributed by atoms with van der Waals surface area (Å²) in [7, 11) is 0. The highest BCUT2D eigenvalue weighted by molar-refractivity contribution is 5.73. The first kappa shape index (κ1) is 26.3.